The summed E-state index contributed by atoms with van der Waals surface area (Å²) in [7, 11) is -3.64. The molecule has 0 fully saturated rings. The van der Waals surface area contributed by atoms with E-state index in [1.165, 1.54) is 12.2 Å². The molecule has 20 heavy (non-hydrogen) atoms. The molecule has 0 radical (unpaired) electrons. The van der Waals surface area contributed by atoms with E-state index < -0.39 is 21.5 Å². The van der Waals surface area contributed by atoms with Crippen LogP contribution in [0.1, 0.15) is 11.5 Å². The molecule has 0 atom stereocenters. The van der Waals surface area contributed by atoms with Crippen LogP contribution in [0, 0.1) is 0 Å². The van der Waals surface area contributed by atoms with E-state index in [1.807, 2.05) is 30.3 Å². The van der Waals surface area contributed by atoms with Gasteiger partial charge in [0.15, 0.2) is 5.54 Å². The monoisotopic (exact) mass is 293 g/mol. The van der Waals surface area contributed by atoms with Crippen LogP contribution in [-0.4, -0.2) is 31.3 Å². The Bertz CT molecular complexity index is 648. The van der Waals surface area contributed by atoms with Gasteiger partial charge in [-0.05, 0) is 5.56 Å². The summed E-state index contributed by atoms with van der Waals surface area (Å²) < 4.78 is 24.8. The van der Waals surface area contributed by atoms with Crippen LogP contribution in [0.5, 0.6) is 0 Å². The molecule has 0 spiro atoms. The van der Waals surface area contributed by atoms with Crippen LogP contribution in [-0.2, 0) is 14.8 Å². The smallest absolute Gasteiger partial charge is 0.332 e. The Morgan fingerprint density at radius 3 is 2.20 bits per heavy atom. The number of allylic oxidation sites excluding steroid dienone is 2. The zero-order chi connectivity index (χ0) is 14.8. The van der Waals surface area contributed by atoms with Crippen LogP contribution >= 0.6 is 0 Å². The first-order valence-electron chi connectivity index (χ1n) is 5.98. The van der Waals surface area contributed by atoms with Crippen molar-refractivity contribution < 1.29 is 18.3 Å². The normalized spacial score (nSPS) is 25.6. The molecule has 2 N–H and O–H groups in total. The van der Waals surface area contributed by atoms with Crippen molar-refractivity contribution in [1.29, 1.82) is 0 Å². The van der Waals surface area contributed by atoms with Gasteiger partial charge in [0.25, 0.3) is 0 Å². The van der Waals surface area contributed by atoms with Gasteiger partial charge in [0, 0.05) is 5.92 Å². The van der Waals surface area contributed by atoms with Crippen molar-refractivity contribution in [3.63, 3.8) is 0 Å². The molecule has 0 bridgehead atoms. The number of sulfonamides is 1. The third-order valence-corrected chi connectivity index (χ3v) is 3.73. The van der Waals surface area contributed by atoms with E-state index in [0.717, 1.165) is 11.8 Å². The fourth-order valence-corrected chi connectivity index (χ4v) is 2.93. The number of carboxylic acid groups (broad SMARTS) is 1. The average Bonchev–Trinajstić information content (AvgIpc) is 2.38. The van der Waals surface area contributed by atoms with Crippen molar-refractivity contribution >= 4 is 16.0 Å². The number of hydrogen-bond acceptors (Lipinski definition) is 3. The second kappa shape index (κ2) is 5.22. The minimum absolute atomic E-state index is 0.0648. The lowest BCUT2D eigenvalue weighted by Gasteiger charge is -2.27. The maximum absolute atomic E-state index is 11.4. The molecule has 5 nitrogen and oxygen atoms in total. The molecule has 6 heteroatoms. The lowest BCUT2D eigenvalue weighted by molar-refractivity contribution is -0.140. The Labute approximate surface area is 117 Å². The van der Waals surface area contributed by atoms with Crippen LogP contribution in [0.4, 0.5) is 0 Å². The van der Waals surface area contributed by atoms with Crippen molar-refractivity contribution in [3.05, 3.63) is 60.2 Å². The summed E-state index contributed by atoms with van der Waals surface area (Å²) in [6.45, 7) is 0. The predicted octanol–water partition coefficient (Wildman–Crippen LogP) is 1.27. The molecular formula is C14H15NO4S. The zero-order valence-corrected chi connectivity index (χ0v) is 11.7. The molecule has 0 amide bonds. The number of rotatable bonds is 4. The molecule has 106 valence electrons. The summed E-state index contributed by atoms with van der Waals surface area (Å²) in [5.41, 5.74) is -0.697. The Balaban J connectivity index is 2.30. The van der Waals surface area contributed by atoms with Gasteiger partial charge >= 0.3 is 5.97 Å². The lowest BCUT2D eigenvalue weighted by Crippen LogP contribution is -2.52. The Morgan fingerprint density at radius 2 is 1.75 bits per heavy atom. The van der Waals surface area contributed by atoms with Gasteiger partial charge in [-0.1, -0.05) is 54.6 Å². The van der Waals surface area contributed by atoms with Crippen molar-refractivity contribution in [3.8, 4) is 0 Å². The second-order valence-electron chi connectivity index (χ2n) is 4.70. The summed E-state index contributed by atoms with van der Waals surface area (Å²) >= 11 is 0. The Kier molecular flexibility index (Phi) is 3.78. The average molecular weight is 293 g/mol. The molecule has 2 rings (SSSR count). The molecule has 0 unspecified atom stereocenters. The molecule has 0 heterocycles. The van der Waals surface area contributed by atoms with Crippen molar-refractivity contribution in [1.82, 2.24) is 4.72 Å². The van der Waals surface area contributed by atoms with Crippen LogP contribution in [0.2, 0.25) is 0 Å². The number of nitrogens with one attached hydrogen (secondary N) is 1. The first kappa shape index (κ1) is 14.5. The van der Waals surface area contributed by atoms with E-state index in [1.54, 1.807) is 12.2 Å². The highest BCUT2D eigenvalue weighted by Crippen LogP contribution is 2.27. The molecule has 0 aliphatic heterocycles. The second-order valence-corrected chi connectivity index (χ2v) is 6.45. The van der Waals surface area contributed by atoms with Crippen LogP contribution in [0.25, 0.3) is 0 Å². The van der Waals surface area contributed by atoms with Crippen LogP contribution in [0.15, 0.2) is 54.6 Å². The summed E-state index contributed by atoms with van der Waals surface area (Å²) in [6.07, 6.45) is 7.04. The zero-order valence-electron chi connectivity index (χ0n) is 10.9. The number of benzene rings is 1. The minimum Gasteiger partial charge on any atom is -0.479 e. The van der Waals surface area contributed by atoms with Gasteiger partial charge in [0.1, 0.15) is 0 Å². The van der Waals surface area contributed by atoms with Crippen LogP contribution < -0.4 is 4.72 Å². The van der Waals surface area contributed by atoms with E-state index in [2.05, 4.69) is 4.72 Å². The third-order valence-electron chi connectivity index (χ3n) is 3.03. The van der Waals surface area contributed by atoms with E-state index in [4.69, 9.17) is 0 Å². The van der Waals surface area contributed by atoms with Gasteiger partial charge in [0.05, 0.1) is 6.26 Å². The number of carboxylic acids is 1. The van der Waals surface area contributed by atoms with E-state index in [-0.39, 0.29) is 5.92 Å². The molecule has 1 aliphatic rings. The van der Waals surface area contributed by atoms with Gasteiger partial charge in [-0.3, -0.25) is 0 Å². The Morgan fingerprint density at radius 1 is 1.20 bits per heavy atom. The quantitative estimate of drug-likeness (QED) is 0.819. The number of carbonyl (C=O) groups is 1. The van der Waals surface area contributed by atoms with E-state index in [0.29, 0.717) is 0 Å². The fraction of sp³-hybridized carbons (Fsp3) is 0.214. The Hall–Kier alpha value is -1.92. The maximum atomic E-state index is 11.4. The molecule has 0 saturated heterocycles. The van der Waals surface area contributed by atoms with Crippen molar-refractivity contribution in [2.24, 2.45) is 0 Å². The SMILES string of the molecule is CS(=O)(=O)NC1(C(=O)O)C=CC(c2ccccc2)C=C1. The van der Waals surface area contributed by atoms with Gasteiger partial charge in [0.2, 0.25) is 10.0 Å². The summed E-state index contributed by atoms with van der Waals surface area (Å²) in [5, 5.41) is 9.28. The molecule has 1 aliphatic carbocycles. The highest BCUT2D eigenvalue weighted by atomic mass is 32.2. The largest absolute Gasteiger partial charge is 0.479 e. The van der Waals surface area contributed by atoms with Gasteiger partial charge in [-0.15, -0.1) is 0 Å². The first-order valence-corrected chi connectivity index (χ1v) is 7.87. The number of hydrogen-bond donors (Lipinski definition) is 2. The van der Waals surface area contributed by atoms with E-state index in [9.17, 15) is 18.3 Å². The summed E-state index contributed by atoms with van der Waals surface area (Å²) in [5.74, 6) is -1.33. The minimum atomic E-state index is -3.64. The summed E-state index contributed by atoms with van der Waals surface area (Å²) in [6, 6.07) is 9.54. The first-order chi connectivity index (χ1) is 9.32. The van der Waals surface area contributed by atoms with Gasteiger partial charge in [-0.25, -0.2) is 13.2 Å². The lowest BCUT2D eigenvalue weighted by atomic mass is 9.87. The molecular weight excluding hydrogens is 278 g/mol. The van der Waals surface area contributed by atoms with Crippen molar-refractivity contribution in [2.45, 2.75) is 11.5 Å². The van der Waals surface area contributed by atoms with Crippen molar-refractivity contribution in [2.75, 3.05) is 6.26 Å². The van der Waals surface area contributed by atoms with Gasteiger partial charge in [-0.2, -0.15) is 4.72 Å². The maximum Gasteiger partial charge on any atom is 0.332 e. The summed E-state index contributed by atoms with van der Waals surface area (Å²) in [4.78, 5) is 11.4. The topological polar surface area (TPSA) is 83.5 Å². The predicted molar refractivity (Wildman–Crippen MR) is 75.8 cm³/mol. The fourth-order valence-electron chi connectivity index (χ4n) is 2.09. The molecule has 0 saturated carbocycles. The standard InChI is InChI=1S/C14H15NO4S/c1-20(18,19)15-14(13(16)17)9-7-12(8-10-14)11-5-3-2-4-6-11/h2-10,12,15H,1H3,(H,16,17). The highest BCUT2D eigenvalue weighted by molar-refractivity contribution is 7.88. The molecule has 0 aromatic heterocycles. The number of aliphatic carboxylic acids is 1. The third kappa shape index (κ3) is 3.15. The van der Waals surface area contributed by atoms with Crippen LogP contribution in [0.3, 0.4) is 0 Å². The highest BCUT2D eigenvalue weighted by Gasteiger charge is 2.38. The van der Waals surface area contributed by atoms with Gasteiger partial charge < -0.3 is 5.11 Å². The molecule has 1 aromatic rings. The molecule has 1 aromatic carbocycles. The van der Waals surface area contributed by atoms with E-state index >= 15 is 0 Å².